The number of aliphatic carboxylic acids is 1. The van der Waals surface area contributed by atoms with Gasteiger partial charge in [0.2, 0.25) is 12.0 Å². The first-order valence-corrected chi connectivity index (χ1v) is 20.9. The molecule has 8 rings (SSSR count). The number of methoxy groups -OCH3 is 1. The minimum Gasteiger partial charge on any atom is -0.496 e. The molecule has 1 N–H and O–H groups in total. The highest BCUT2D eigenvalue weighted by molar-refractivity contribution is 7.13. The number of nitrogens with zero attached hydrogens (tertiary/aromatic N) is 7. The van der Waals surface area contributed by atoms with Gasteiger partial charge in [0, 0.05) is 64.0 Å². The predicted molar refractivity (Wildman–Crippen MR) is 233 cm³/mol. The maximum absolute atomic E-state index is 13.0. The van der Waals surface area contributed by atoms with E-state index in [1.165, 1.54) is 0 Å². The first-order chi connectivity index (χ1) is 29.7. The molecule has 0 amide bonds. The molecule has 1 aliphatic heterocycles. The molecule has 61 heavy (non-hydrogen) atoms. The van der Waals surface area contributed by atoms with Crippen molar-refractivity contribution in [1.82, 2.24) is 34.1 Å². The van der Waals surface area contributed by atoms with Crippen molar-refractivity contribution in [2.45, 2.75) is 33.0 Å². The molecule has 1 atom stereocenters. The van der Waals surface area contributed by atoms with E-state index < -0.39 is 12.1 Å². The van der Waals surface area contributed by atoms with Gasteiger partial charge >= 0.3 is 5.97 Å². The van der Waals surface area contributed by atoms with Crippen LogP contribution in [0.3, 0.4) is 0 Å². The lowest BCUT2D eigenvalue weighted by Gasteiger charge is -2.32. The number of hydrogen-bond donors (Lipinski definition) is 1. The lowest BCUT2D eigenvalue weighted by Crippen LogP contribution is -2.45. The van der Waals surface area contributed by atoms with Gasteiger partial charge in [-0.3, -0.25) is 9.88 Å². The summed E-state index contributed by atoms with van der Waals surface area (Å²) in [5.74, 6) is 2.05. The Hall–Kier alpha value is -6.13. The number of aryl methyl sites for hydroxylation is 1. The molecular formula is C45H44ClN7O7S. The van der Waals surface area contributed by atoms with E-state index in [9.17, 15) is 9.90 Å². The maximum Gasteiger partial charge on any atom is 0.345 e. The van der Waals surface area contributed by atoms with Crippen LogP contribution in [-0.2, 0) is 17.8 Å². The molecule has 4 aromatic heterocycles. The topological polar surface area (TPSA) is 158 Å². The summed E-state index contributed by atoms with van der Waals surface area (Å²) in [6.07, 6.45) is 3.58. The Balaban J connectivity index is 1.07. The highest BCUT2D eigenvalue weighted by atomic mass is 35.5. The number of carboxylic acid groups (broad SMARTS) is 1. The van der Waals surface area contributed by atoms with Crippen LogP contribution in [0.15, 0.2) is 89.7 Å². The quantitative estimate of drug-likeness (QED) is 0.0995. The van der Waals surface area contributed by atoms with E-state index in [0.717, 1.165) is 60.9 Å². The number of carboxylic acids is 1. The van der Waals surface area contributed by atoms with E-state index in [4.69, 9.17) is 44.9 Å². The van der Waals surface area contributed by atoms with Gasteiger partial charge in [0.15, 0.2) is 17.5 Å². The highest BCUT2D eigenvalue weighted by Crippen LogP contribution is 2.46. The average Bonchev–Trinajstić information content (AvgIpc) is 3.90. The molecule has 16 heteroatoms. The van der Waals surface area contributed by atoms with Crippen LogP contribution in [0.1, 0.15) is 22.7 Å². The van der Waals surface area contributed by atoms with E-state index in [1.54, 1.807) is 44.8 Å². The summed E-state index contributed by atoms with van der Waals surface area (Å²) in [7, 11) is 3.73. The molecule has 1 aliphatic rings. The predicted octanol–water partition coefficient (Wildman–Crippen LogP) is 8.03. The van der Waals surface area contributed by atoms with Gasteiger partial charge in [-0.2, -0.15) is 4.37 Å². The number of pyridine rings is 1. The van der Waals surface area contributed by atoms with E-state index in [1.807, 2.05) is 61.5 Å². The molecule has 0 saturated carbocycles. The number of ether oxygens (including phenoxy) is 4. The zero-order valence-corrected chi connectivity index (χ0v) is 35.7. The molecule has 14 nitrogen and oxygen atoms in total. The number of aromatic nitrogens is 5. The van der Waals surface area contributed by atoms with Gasteiger partial charge in [0.25, 0.3) is 0 Å². The molecule has 0 aliphatic carbocycles. The summed E-state index contributed by atoms with van der Waals surface area (Å²) >= 11 is 8.21. The summed E-state index contributed by atoms with van der Waals surface area (Å²) in [6.45, 7) is 9.09. The molecule has 1 saturated heterocycles. The minimum absolute atomic E-state index is 0.0274. The molecular weight excluding hydrogens is 818 g/mol. The lowest BCUT2D eigenvalue weighted by molar-refractivity contribution is -0.145. The number of para-hydroxylation sites is 2. The minimum atomic E-state index is -1.34. The second-order valence-corrected chi connectivity index (χ2v) is 15.8. The summed E-state index contributed by atoms with van der Waals surface area (Å²) in [4.78, 5) is 35.9. The van der Waals surface area contributed by atoms with Gasteiger partial charge in [0.1, 0.15) is 36.2 Å². The van der Waals surface area contributed by atoms with Crippen LogP contribution in [-0.4, -0.2) is 105 Å². The Morgan fingerprint density at radius 1 is 0.918 bits per heavy atom. The summed E-state index contributed by atoms with van der Waals surface area (Å²) in [6, 6.07) is 20.3. The molecule has 0 bridgehead atoms. The fourth-order valence-electron chi connectivity index (χ4n) is 7.23. The van der Waals surface area contributed by atoms with Crippen LogP contribution >= 0.6 is 23.1 Å². The molecule has 3 aromatic carbocycles. The Morgan fingerprint density at radius 2 is 1.70 bits per heavy atom. The van der Waals surface area contributed by atoms with Gasteiger partial charge in [-0.05, 0) is 72.5 Å². The van der Waals surface area contributed by atoms with Crippen LogP contribution < -0.4 is 18.9 Å². The smallest absolute Gasteiger partial charge is 0.345 e. The number of halogens is 1. The molecule has 5 heterocycles. The Labute approximate surface area is 361 Å². The first kappa shape index (κ1) is 41.6. The summed E-state index contributed by atoms with van der Waals surface area (Å²) < 4.78 is 35.7. The number of rotatable bonds is 16. The normalized spacial score (nSPS) is 13.9. The van der Waals surface area contributed by atoms with Crippen molar-refractivity contribution >= 4 is 39.2 Å². The molecule has 314 valence electrons. The van der Waals surface area contributed by atoms with Crippen LogP contribution in [0.2, 0.25) is 5.02 Å². The Kier molecular flexibility index (Phi) is 12.7. The average molecular weight is 862 g/mol. The van der Waals surface area contributed by atoms with Crippen LogP contribution in [0.4, 0.5) is 0 Å². The third-order valence-electron chi connectivity index (χ3n) is 10.6. The Bertz CT molecular complexity index is 2660. The van der Waals surface area contributed by atoms with E-state index in [2.05, 4.69) is 31.2 Å². The monoisotopic (exact) mass is 861 g/mol. The van der Waals surface area contributed by atoms with Gasteiger partial charge in [-0.1, -0.05) is 48.0 Å². The van der Waals surface area contributed by atoms with E-state index in [0.29, 0.717) is 79.0 Å². The number of benzene rings is 3. The van der Waals surface area contributed by atoms with Crippen molar-refractivity contribution in [3.63, 3.8) is 0 Å². The van der Waals surface area contributed by atoms with Crippen molar-refractivity contribution in [3.05, 3.63) is 113 Å². The molecule has 0 unspecified atom stereocenters. The van der Waals surface area contributed by atoms with Crippen LogP contribution in [0.25, 0.3) is 44.1 Å². The van der Waals surface area contributed by atoms with E-state index in [-0.39, 0.29) is 18.9 Å². The largest absolute Gasteiger partial charge is 0.496 e. The number of fused-ring (bicyclic) bond motifs is 1. The zero-order chi connectivity index (χ0) is 42.5. The highest BCUT2D eigenvalue weighted by Gasteiger charge is 2.29. The van der Waals surface area contributed by atoms with Crippen LogP contribution in [0.5, 0.6) is 23.1 Å². The van der Waals surface area contributed by atoms with Crippen molar-refractivity contribution in [2.24, 2.45) is 0 Å². The summed E-state index contributed by atoms with van der Waals surface area (Å²) in [5, 5.41) is 11.6. The third-order valence-corrected chi connectivity index (χ3v) is 11.8. The number of likely N-dealkylation sites (N-methyl/N-ethyl adjacent to an activating group) is 1. The molecule has 1 fully saturated rings. The van der Waals surface area contributed by atoms with Crippen molar-refractivity contribution in [2.75, 3.05) is 53.5 Å². The fraction of sp³-hybridized carbons (Fsp3) is 0.289. The zero-order valence-electron chi connectivity index (χ0n) is 34.1. The molecule has 7 aromatic rings. The number of carbonyl (C=O) groups is 1. The second kappa shape index (κ2) is 18.6. The van der Waals surface area contributed by atoms with Crippen molar-refractivity contribution in [3.8, 4) is 57.1 Å². The van der Waals surface area contributed by atoms with Gasteiger partial charge < -0.3 is 33.4 Å². The molecule has 0 spiro atoms. The molecule has 0 radical (unpaired) electrons. The van der Waals surface area contributed by atoms with Crippen molar-refractivity contribution < 1.29 is 33.3 Å². The van der Waals surface area contributed by atoms with Gasteiger partial charge in [-0.15, -0.1) is 0 Å². The summed E-state index contributed by atoms with van der Waals surface area (Å²) in [5.41, 5.74) is 4.57. The number of oxazole rings is 1. The maximum atomic E-state index is 13.0. The lowest BCUT2D eigenvalue weighted by atomic mass is 9.95. The standard InChI is InChI=1S/C45H44ClN7O7S/c1-27-31(13-14-35(41(27)46)57-22-21-53-19-17-52(3)18-20-53)39-40-38(25-49-42(39)37-24-48-28(2)59-37)61-51-44(40)60-36(45(54)55)23-29-9-5-7-11-33(29)58-26-30-15-16-47-43(50-30)32-10-6-8-12-34(32)56-4/h5-16,24-25,36H,17-23,26H2,1-4H3,(H,54,55)/t36-/m1/s1. The van der Waals surface area contributed by atoms with Crippen molar-refractivity contribution in [1.29, 1.82) is 0 Å². The third kappa shape index (κ3) is 9.30. The Morgan fingerprint density at radius 3 is 2.48 bits per heavy atom. The number of piperazine rings is 1. The number of hydrogen-bond acceptors (Lipinski definition) is 14. The van der Waals surface area contributed by atoms with Gasteiger partial charge in [0.05, 0.1) is 39.7 Å². The van der Waals surface area contributed by atoms with Gasteiger partial charge in [-0.25, -0.2) is 19.7 Å². The second-order valence-electron chi connectivity index (χ2n) is 14.6. The van der Waals surface area contributed by atoms with E-state index >= 15 is 0 Å². The SMILES string of the molecule is COc1ccccc1-c1nccc(COc2ccccc2C[C@@H](Oc2nsc3cnc(-c4cnc(C)o4)c(-c4ccc(OCCN5CCN(C)CC5)c(Cl)c4C)c23)C(=O)O)n1. The first-order valence-electron chi connectivity index (χ1n) is 19.8. The van der Waals surface area contributed by atoms with Crippen LogP contribution in [0, 0.1) is 13.8 Å². The fourth-order valence-corrected chi connectivity index (χ4v) is 8.14.